The van der Waals surface area contributed by atoms with Crippen molar-refractivity contribution in [2.24, 2.45) is 0 Å². The zero-order valence-corrected chi connectivity index (χ0v) is 21.7. The third-order valence-electron chi connectivity index (χ3n) is 5.95. The van der Waals surface area contributed by atoms with Crippen molar-refractivity contribution >= 4 is 27.4 Å². The van der Waals surface area contributed by atoms with E-state index in [1.54, 1.807) is 24.4 Å². The van der Waals surface area contributed by atoms with Gasteiger partial charge in [0.05, 0.1) is 21.4 Å². The van der Waals surface area contributed by atoms with Gasteiger partial charge >= 0.3 is 0 Å². The summed E-state index contributed by atoms with van der Waals surface area (Å²) in [5.74, 6) is -0.579. The van der Waals surface area contributed by atoms with Crippen LogP contribution in [0.2, 0.25) is 5.02 Å². The third kappa shape index (κ3) is 6.07. The number of hydrogen-bond donors (Lipinski definition) is 2. The molecule has 12 heteroatoms. The van der Waals surface area contributed by atoms with Crippen molar-refractivity contribution in [1.29, 1.82) is 0 Å². The predicted molar refractivity (Wildman–Crippen MR) is 141 cm³/mol. The van der Waals surface area contributed by atoms with Gasteiger partial charge in [0.1, 0.15) is 11.6 Å². The van der Waals surface area contributed by atoms with Crippen LogP contribution in [-0.4, -0.2) is 47.5 Å². The van der Waals surface area contributed by atoms with E-state index in [1.165, 1.54) is 36.7 Å². The van der Waals surface area contributed by atoms with Gasteiger partial charge in [-0.2, -0.15) is 0 Å². The quantitative estimate of drug-likeness (QED) is 0.320. The van der Waals surface area contributed by atoms with Crippen LogP contribution in [0.25, 0.3) is 11.4 Å². The maximum absolute atomic E-state index is 15.0. The van der Waals surface area contributed by atoms with E-state index >= 15 is 0 Å². The molecule has 1 saturated heterocycles. The Hall–Kier alpha value is -3.67. The van der Waals surface area contributed by atoms with Crippen LogP contribution in [-0.2, 0) is 15.6 Å². The summed E-state index contributed by atoms with van der Waals surface area (Å²) in [6.45, 7) is 1.83. The van der Waals surface area contributed by atoms with Crippen molar-refractivity contribution in [3.8, 4) is 23.0 Å². The van der Waals surface area contributed by atoms with Gasteiger partial charge in [0.25, 0.3) is 0 Å². The van der Waals surface area contributed by atoms with Gasteiger partial charge in [-0.15, -0.1) is 0 Å². The Balaban J connectivity index is 1.35. The second-order valence-corrected chi connectivity index (χ2v) is 11.1. The number of halogens is 2. The largest absolute Gasteiger partial charge is 0.437 e. The number of ether oxygens (including phenoxy) is 1. The molecule has 2 aromatic heterocycles. The average Bonchev–Trinajstić information content (AvgIpc) is 2.91. The standard InChI is InChI=1S/C26H24ClFN6O3S/c27-20-5-1-2-6-23(20)38(35,36)16-17-7-8-19(14-21(17)28)37-25-24(30-12-13-31-25)22-9-11-32-26(34-22)33-18-4-3-10-29-15-18/h1-2,5-9,11-14,18,29H,3-4,10,15-16H2,(H,32,33,34)/t18-/m0/s1. The van der Waals surface area contributed by atoms with Crippen molar-refractivity contribution < 1.29 is 17.5 Å². The SMILES string of the molecule is O=S(=O)(Cc1ccc(Oc2nccnc2-c2ccnc(N[C@H]3CCCNC3)n2)cc1F)c1ccccc1Cl. The van der Waals surface area contributed by atoms with E-state index in [0.717, 1.165) is 32.0 Å². The molecule has 0 amide bonds. The van der Waals surface area contributed by atoms with Gasteiger partial charge in [-0.1, -0.05) is 29.8 Å². The van der Waals surface area contributed by atoms with Gasteiger partial charge < -0.3 is 15.4 Å². The first-order chi connectivity index (χ1) is 18.4. The summed E-state index contributed by atoms with van der Waals surface area (Å²) in [4.78, 5) is 17.4. The molecule has 5 rings (SSSR count). The number of benzene rings is 2. The fourth-order valence-electron chi connectivity index (χ4n) is 4.09. The van der Waals surface area contributed by atoms with Gasteiger partial charge in [0, 0.05) is 42.8 Å². The minimum absolute atomic E-state index is 0.0136. The summed E-state index contributed by atoms with van der Waals surface area (Å²) in [5, 5.41) is 6.75. The second kappa shape index (κ2) is 11.4. The highest BCUT2D eigenvalue weighted by molar-refractivity contribution is 7.90. The molecule has 2 N–H and O–H groups in total. The normalized spacial score (nSPS) is 15.7. The molecule has 1 aliphatic heterocycles. The number of hydrogen-bond acceptors (Lipinski definition) is 9. The second-order valence-electron chi connectivity index (χ2n) is 8.71. The monoisotopic (exact) mass is 554 g/mol. The summed E-state index contributed by atoms with van der Waals surface area (Å²) in [6, 6.07) is 11.9. The third-order valence-corrected chi connectivity index (χ3v) is 8.11. The number of nitrogens with zero attached hydrogens (tertiary/aromatic N) is 4. The van der Waals surface area contributed by atoms with Crippen LogP contribution >= 0.6 is 11.6 Å². The molecule has 3 heterocycles. The van der Waals surface area contributed by atoms with Crippen molar-refractivity contribution in [3.05, 3.63) is 83.5 Å². The Labute approximate surface area is 224 Å². The fraction of sp³-hybridized carbons (Fsp3) is 0.231. The van der Waals surface area contributed by atoms with Gasteiger partial charge in [-0.3, -0.25) is 0 Å². The minimum Gasteiger partial charge on any atom is -0.437 e. The fourth-order valence-corrected chi connectivity index (χ4v) is 6.03. The van der Waals surface area contributed by atoms with Crippen LogP contribution in [0.3, 0.4) is 0 Å². The summed E-state index contributed by atoms with van der Waals surface area (Å²) in [5.41, 5.74) is 0.822. The molecule has 0 bridgehead atoms. The number of sulfone groups is 1. The molecule has 38 heavy (non-hydrogen) atoms. The van der Waals surface area contributed by atoms with E-state index in [-0.39, 0.29) is 33.2 Å². The van der Waals surface area contributed by atoms with Crippen LogP contribution in [0.1, 0.15) is 18.4 Å². The summed E-state index contributed by atoms with van der Waals surface area (Å²) in [6.07, 6.45) is 6.66. The Kier molecular flexibility index (Phi) is 7.77. The molecule has 1 fully saturated rings. The molecule has 0 aliphatic carbocycles. The van der Waals surface area contributed by atoms with Crippen molar-refractivity contribution in [2.75, 3.05) is 18.4 Å². The summed E-state index contributed by atoms with van der Waals surface area (Å²) < 4.78 is 46.4. The van der Waals surface area contributed by atoms with E-state index in [9.17, 15) is 12.8 Å². The lowest BCUT2D eigenvalue weighted by molar-refractivity contribution is 0.456. The Bertz CT molecular complexity index is 1550. The molecule has 1 aliphatic rings. The van der Waals surface area contributed by atoms with Crippen LogP contribution < -0.4 is 15.4 Å². The average molecular weight is 555 g/mol. The zero-order valence-electron chi connectivity index (χ0n) is 20.1. The molecular formula is C26H24ClFN6O3S. The van der Waals surface area contributed by atoms with Gasteiger partial charge in [-0.25, -0.2) is 32.7 Å². The van der Waals surface area contributed by atoms with Crippen LogP contribution in [0.5, 0.6) is 11.6 Å². The van der Waals surface area contributed by atoms with Gasteiger partial charge in [0.15, 0.2) is 15.5 Å². The first-order valence-electron chi connectivity index (χ1n) is 11.9. The first kappa shape index (κ1) is 26.0. The minimum atomic E-state index is -3.86. The van der Waals surface area contributed by atoms with Crippen LogP contribution in [0, 0.1) is 5.82 Å². The van der Waals surface area contributed by atoms with Crippen LogP contribution in [0.15, 0.2) is 72.0 Å². The number of rotatable bonds is 8. The summed E-state index contributed by atoms with van der Waals surface area (Å²) >= 11 is 6.03. The van der Waals surface area contributed by atoms with E-state index < -0.39 is 21.4 Å². The number of anilines is 1. The lowest BCUT2D eigenvalue weighted by Gasteiger charge is -2.23. The van der Waals surface area contributed by atoms with E-state index in [4.69, 9.17) is 16.3 Å². The van der Waals surface area contributed by atoms with Crippen molar-refractivity contribution in [3.63, 3.8) is 0 Å². The molecule has 196 valence electrons. The lowest BCUT2D eigenvalue weighted by atomic mass is 10.1. The maximum atomic E-state index is 15.0. The van der Waals surface area contributed by atoms with Crippen molar-refractivity contribution in [2.45, 2.75) is 29.5 Å². The smallest absolute Gasteiger partial charge is 0.247 e. The number of aromatic nitrogens is 4. The van der Waals surface area contributed by atoms with Crippen molar-refractivity contribution in [1.82, 2.24) is 25.3 Å². The highest BCUT2D eigenvalue weighted by Crippen LogP contribution is 2.31. The Morgan fingerprint density at radius 3 is 2.71 bits per heavy atom. The molecule has 0 saturated carbocycles. The molecule has 0 radical (unpaired) electrons. The Morgan fingerprint density at radius 2 is 1.92 bits per heavy atom. The van der Waals surface area contributed by atoms with Crippen LogP contribution in [0.4, 0.5) is 10.3 Å². The first-order valence-corrected chi connectivity index (χ1v) is 14.0. The number of nitrogens with one attached hydrogen (secondary N) is 2. The van der Waals surface area contributed by atoms with Gasteiger partial charge in [0.2, 0.25) is 11.8 Å². The number of piperidine rings is 1. The molecule has 4 aromatic rings. The lowest BCUT2D eigenvalue weighted by Crippen LogP contribution is -2.38. The topological polar surface area (TPSA) is 119 Å². The highest BCUT2D eigenvalue weighted by atomic mass is 35.5. The summed E-state index contributed by atoms with van der Waals surface area (Å²) in [7, 11) is -3.86. The molecule has 9 nitrogen and oxygen atoms in total. The highest BCUT2D eigenvalue weighted by Gasteiger charge is 2.21. The van der Waals surface area contributed by atoms with E-state index in [0.29, 0.717) is 17.3 Å². The molecule has 1 atom stereocenters. The van der Waals surface area contributed by atoms with E-state index in [2.05, 4.69) is 30.6 Å². The maximum Gasteiger partial charge on any atom is 0.247 e. The predicted octanol–water partition coefficient (Wildman–Crippen LogP) is 4.66. The zero-order chi connectivity index (χ0) is 26.5. The molecule has 0 spiro atoms. The molecule has 0 unspecified atom stereocenters. The molecule has 2 aromatic carbocycles. The molecular weight excluding hydrogens is 531 g/mol. The van der Waals surface area contributed by atoms with Gasteiger partial charge in [-0.05, 0) is 43.7 Å². The van der Waals surface area contributed by atoms with E-state index in [1.807, 2.05) is 0 Å². The Morgan fingerprint density at radius 1 is 1.08 bits per heavy atom.